The van der Waals surface area contributed by atoms with Crippen molar-refractivity contribution in [3.8, 4) is 11.4 Å². The molecule has 0 aliphatic rings. The standard InChI is InChI=1S/C13H20N4O/c1-4-6-17-13(15-9-16-17)11-5-7-18-12(11)8-14-10(2)3/h5,7,9-10,14H,4,6,8H2,1-3H3. The van der Waals surface area contributed by atoms with Crippen molar-refractivity contribution >= 4 is 0 Å². The highest BCUT2D eigenvalue weighted by molar-refractivity contribution is 5.57. The normalized spacial score (nSPS) is 11.3. The summed E-state index contributed by atoms with van der Waals surface area (Å²) in [5.74, 6) is 1.79. The molecule has 0 fully saturated rings. The summed E-state index contributed by atoms with van der Waals surface area (Å²) in [4.78, 5) is 4.33. The van der Waals surface area contributed by atoms with Crippen molar-refractivity contribution in [1.29, 1.82) is 0 Å². The van der Waals surface area contributed by atoms with Crippen LogP contribution in [0.2, 0.25) is 0 Å². The average Bonchev–Trinajstić information content (AvgIpc) is 2.94. The molecule has 0 aliphatic carbocycles. The summed E-state index contributed by atoms with van der Waals surface area (Å²) in [6.07, 6.45) is 4.34. The SMILES string of the molecule is CCCn1ncnc1-c1ccoc1CNC(C)C. The summed E-state index contributed by atoms with van der Waals surface area (Å²) < 4.78 is 7.45. The molecular formula is C13H20N4O. The topological polar surface area (TPSA) is 55.9 Å². The average molecular weight is 248 g/mol. The van der Waals surface area contributed by atoms with E-state index in [1.165, 1.54) is 0 Å². The smallest absolute Gasteiger partial charge is 0.161 e. The zero-order valence-electron chi connectivity index (χ0n) is 11.2. The largest absolute Gasteiger partial charge is 0.467 e. The van der Waals surface area contributed by atoms with Crippen LogP contribution >= 0.6 is 0 Å². The molecule has 0 aliphatic heterocycles. The van der Waals surface area contributed by atoms with Gasteiger partial charge in [0.1, 0.15) is 12.1 Å². The number of aromatic nitrogens is 3. The molecule has 0 spiro atoms. The molecule has 0 saturated heterocycles. The molecule has 5 nitrogen and oxygen atoms in total. The van der Waals surface area contributed by atoms with E-state index < -0.39 is 0 Å². The van der Waals surface area contributed by atoms with Gasteiger partial charge in [-0.2, -0.15) is 5.10 Å². The van der Waals surface area contributed by atoms with Gasteiger partial charge in [0.15, 0.2) is 5.82 Å². The van der Waals surface area contributed by atoms with E-state index in [4.69, 9.17) is 4.42 Å². The highest BCUT2D eigenvalue weighted by atomic mass is 16.3. The maximum absolute atomic E-state index is 5.53. The van der Waals surface area contributed by atoms with Gasteiger partial charge < -0.3 is 9.73 Å². The van der Waals surface area contributed by atoms with Crippen molar-refractivity contribution in [2.45, 2.75) is 46.3 Å². The van der Waals surface area contributed by atoms with Crippen molar-refractivity contribution in [1.82, 2.24) is 20.1 Å². The molecule has 5 heteroatoms. The van der Waals surface area contributed by atoms with E-state index in [-0.39, 0.29) is 0 Å². The summed E-state index contributed by atoms with van der Waals surface area (Å²) in [7, 11) is 0. The Morgan fingerprint density at radius 3 is 3.00 bits per heavy atom. The fourth-order valence-electron chi connectivity index (χ4n) is 1.82. The summed E-state index contributed by atoms with van der Waals surface area (Å²) >= 11 is 0. The molecule has 0 radical (unpaired) electrons. The van der Waals surface area contributed by atoms with Crippen LogP contribution in [0.5, 0.6) is 0 Å². The van der Waals surface area contributed by atoms with Crippen LogP contribution in [0.25, 0.3) is 11.4 Å². The first kappa shape index (κ1) is 12.8. The first-order chi connectivity index (χ1) is 8.72. The molecule has 2 heterocycles. The Hall–Kier alpha value is -1.62. The van der Waals surface area contributed by atoms with Gasteiger partial charge in [-0.05, 0) is 12.5 Å². The molecule has 0 unspecified atom stereocenters. The lowest BCUT2D eigenvalue weighted by molar-refractivity contribution is 0.465. The van der Waals surface area contributed by atoms with E-state index in [9.17, 15) is 0 Å². The number of nitrogens with one attached hydrogen (secondary N) is 1. The number of hydrogen-bond donors (Lipinski definition) is 1. The zero-order chi connectivity index (χ0) is 13.0. The molecule has 0 saturated carbocycles. The Balaban J connectivity index is 2.22. The lowest BCUT2D eigenvalue weighted by Crippen LogP contribution is -2.21. The maximum Gasteiger partial charge on any atom is 0.161 e. The lowest BCUT2D eigenvalue weighted by atomic mass is 10.2. The van der Waals surface area contributed by atoms with Gasteiger partial charge in [-0.1, -0.05) is 20.8 Å². The van der Waals surface area contributed by atoms with Crippen molar-refractivity contribution in [3.05, 3.63) is 24.4 Å². The van der Waals surface area contributed by atoms with Crippen molar-refractivity contribution < 1.29 is 4.42 Å². The summed E-state index contributed by atoms with van der Waals surface area (Å²) in [5, 5.41) is 7.59. The van der Waals surface area contributed by atoms with Crippen molar-refractivity contribution in [2.75, 3.05) is 0 Å². The van der Waals surface area contributed by atoms with E-state index in [2.05, 4.69) is 36.2 Å². The quantitative estimate of drug-likeness (QED) is 0.853. The van der Waals surface area contributed by atoms with Gasteiger partial charge in [0.2, 0.25) is 0 Å². The Kier molecular flexibility index (Phi) is 4.15. The van der Waals surface area contributed by atoms with E-state index in [0.717, 1.165) is 30.1 Å². The third kappa shape index (κ3) is 2.79. The van der Waals surface area contributed by atoms with E-state index in [1.54, 1.807) is 12.6 Å². The van der Waals surface area contributed by atoms with Gasteiger partial charge in [0.25, 0.3) is 0 Å². The molecule has 2 aromatic heterocycles. The van der Waals surface area contributed by atoms with Crippen LogP contribution in [0.3, 0.4) is 0 Å². The zero-order valence-corrected chi connectivity index (χ0v) is 11.2. The van der Waals surface area contributed by atoms with Crippen LogP contribution in [-0.4, -0.2) is 20.8 Å². The molecule has 0 atom stereocenters. The van der Waals surface area contributed by atoms with Crippen LogP contribution in [0.1, 0.15) is 33.0 Å². The Labute approximate surface area is 107 Å². The molecule has 0 amide bonds. The van der Waals surface area contributed by atoms with Crippen molar-refractivity contribution in [2.24, 2.45) is 0 Å². The molecular weight excluding hydrogens is 228 g/mol. The van der Waals surface area contributed by atoms with Gasteiger partial charge in [-0.25, -0.2) is 9.67 Å². The molecule has 98 valence electrons. The Morgan fingerprint density at radius 1 is 1.44 bits per heavy atom. The Bertz CT molecular complexity index is 487. The number of rotatable bonds is 6. The summed E-state index contributed by atoms with van der Waals surface area (Å²) in [6, 6.07) is 2.38. The summed E-state index contributed by atoms with van der Waals surface area (Å²) in [5.41, 5.74) is 1.02. The third-order valence-electron chi connectivity index (χ3n) is 2.71. The molecule has 0 bridgehead atoms. The molecule has 0 aromatic carbocycles. The van der Waals surface area contributed by atoms with Gasteiger partial charge >= 0.3 is 0 Å². The predicted molar refractivity (Wildman–Crippen MR) is 70.0 cm³/mol. The number of furan rings is 1. The number of nitrogens with zero attached hydrogens (tertiary/aromatic N) is 3. The fraction of sp³-hybridized carbons (Fsp3) is 0.538. The molecule has 2 rings (SSSR count). The first-order valence-corrected chi connectivity index (χ1v) is 6.40. The third-order valence-corrected chi connectivity index (χ3v) is 2.71. The molecule has 2 aromatic rings. The van der Waals surface area contributed by atoms with Crippen LogP contribution in [0.15, 0.2) is 23.1 Å². The van der Waals surface area contributed by atoms with Crippen LogP contribution < -0.4 is 5.32 Å². The second-order valence-corrected chi connectivity index (χ2v) is 4.60. The molecule has 18 heavy (non-hydrogen) atoms. The van der Waals surface area contributed by atoms with Gasteiger partial charge in [-0.3, -0.25) is 0 Å². The van der Waals surface area contributed by atoms with Gasteiger partial charge in [-0.15, -0.1) is 0 Å². The minimum Gasteiger partial charge on any atom is -0.467 e. The minimum atomic E-state index is 0.427. The summed E-state index contributed by atoms with van der Waals surface area (Å²) in [6.45, 7) is 7.93. The maximum atomic E-state index is 5.53. The van der Waals surface area contributed by atoms with Crippen LogP contribution in [0, 0.1) is 0 Å². The predicted octanol–water partition coefficient (Wildman–Crippen LogP) is 2.45. The Morgan fingerprint density at radius 2 is 2.28 bits per heavy atom. The van der Waals surface area contributed by atoms with Crippen LogP contribution in [-0.2, 0) is 13.1 Å². The fourth-order valence-corrected chi connectivity index (χ4v) is 1.82. The minimum absolute atomic E-state index is 0.427. The molecule has 1 N–H and O–H groups in total. The van der Waals surface area contributed by atoms with E-state index in [0.29, 0.717) is 12.6 Å². The van der Waals surface area contributed by atoms with E-state index in [1.807, 2.05) is 10.7 Å². The first-order valence-electron chi connectivity index (χ1n) is 6.40. The highest BCUT2D eigenvalue weighted by Crippen LogP contribution is 2.22. The number of hydrogen-bond acceptors (Lipinski definition) is 4. The van der Waals surface area contributed by atoms with E-state index >= 15 is 0 Å². The van der Waals surface area contributed by atoms with Gasteiger partial charge in [0.05, 0.1) is 18.4 Å². The monoisotopic (exact) mass is 248 g/mol. The highest BCUT2D eigenvalue weighted by Gasteiger charge is 2.14. The second kappa shape index (κ2) is 5.82. The second-order valence-electron chi connectivity index (χ2n) is 4.60. The lowest BCUT2D eigenvalue weighted by Gasteiger charge is -2.08. The number of aryl methyl sites for hydroxylation is 1. The van der Waals surface area contributed by atoms with Crippen molar-refractivity contribution in [3.63, 3.8) is 0 Å². The van der Waals surface area contributed by atoms with Gasteiger partial charge in [0, 0.05) is 12.6 Å². The van der Waals surface area contributed by atoms with Crippen LogP contribution in [0.4, 0.5) is 0 Å².